The number of hydrogen-bond acceptors (Lipinski definition) is 10. The van der Waals surface area contributed by atoms with Crippen LogP contribution in [0.25, 0.3) is 22.1 Å². The van der Waals surface area contributed by atoms with Crippen LogP contribution in [0.2, 0.25) is 0 Å². The first-order chi connectivity index (χ1) is 27.6. The first-order valence-corrected chi connectivity index (χ1v) is 18.3. The molecule has 6 rings (SSSR count). The molecule has 2 aromatic carbocycles. The minimum absolute atomic E-state index is 0.0539. The molecule has 296 valence electrons. The molecule has 2 unspecified atom stereocenters. The number of pyridine rings is 4. The topological polar surface area (TPSA) is 220 Å². The number of carbonyl (C=O) groups excluding carboxylic acids is 2. The van der Waals surface area contributed by atoms with Gasteiger partial charge in [0.05, 0.1) is 10.8 Å². The molecule has 0 aliphatic carbocycles. The molecule has 8 N–H and O–H groups in total. The molecule has 0 fully saturated rings. The summed E-state index contributed by atoms with van der Waals surface area (Å²) in [6, 6.07) is 24.5. The third-order valence-corrected chi connectivity index (χ3v) is 9.38. The maximum Gasteiger partial charge on any atom is 0.258 e. The maximum atomic E-state index is 12.8. The predicted molar refractivity (Wildman–Crippen MR) is 225 cm³/mol. The van der Waals surface area contributed by atoms with Crippen molar-refractivity contribution in [3.63, 3.8) is 0 Å². The van der Waals surface area contributed by atoms with Gasteiger partial charge in [0.2, 0.25) is 10.9 Å². The SMILES string of the molecule is CCn1c(N)c(C(=O)NC)c(=O)c2ccc(C#CC(C)(O)c3ccccc3)nc21.CCn1c(N)c(C(=O)NC)c(=O)c2ccc(C#CC(C)(O)c3ccccc3)nc21. The highest BCUT2D eigenvalue weighted by molar-refractivity contribution is 6.02. The summed E-state index contributed by atoms with van der Waals surface area (Å²) >= 11 is 0. The average Bonchev–Trinajstić information content (AvgIpc) is 3.23. The number of rotatable bonds is 6. The van der Waals surface area contributed by atoms with Gasteiger partial charge in [-0.15, -0.1) is 0 Å². The Hall–Kier alpha value is -7.26. The number of aromatic nitrogens is 4. The lowest BCUT2D eigenvalue weighted by Gasteiger charge is -2.16. The molecule has 58 heavy (non-hydrogen) atoms. The Balaban J connectivity index is 0.000000221. The van der Waals surface area contributed by atoms with Crippen LogP contribution in [0.5, 0.6) is 0 Å². The summed E-state index contributed by atoms with van der Waals surface area (Å²) in [6.45, 7) is 7.72. The van der Waals surface area contributed by atoms with Crippen molar-refractivity contribution in [3.8, 4) is 23.7 Å². The highest BCUT2D eigenvalue weighted by Gasteiger charge is 2.23. The van der Waals surface area contributed by atoms with Crippen molar-refractivity contribution < 1.29 is 19.8 Å². The summed E-state index contributed by atoms with van der Waals surface area (Å²) < 4.78 is 3.20. The lowest BCUT2D eigenvalue weighted by molar-refractivity contribution is 0.0954. The van der Waals surface area contributed by atoms with Crippen LogP contribution >= 0.6 is 0 Å². The van der Waals surface area contributed by atoms with Crippen molar-refractivity contribution >= 4 is 45.5 Å². The van der Waals surface area contributed by atoms with Gasteiger partial charge < -0.3 is 41.4 Å². The minimum Gasteiger partial charge on any atom is -0.384 e. The number of aliphatic hydroxyl groups is 2. The Morgan fingerprint density at radius 3 is 1.29 bits per heavy atom. The zero-order valence-corrected chi connectivity index (χ0v) is 33.0. The van der Waals surface area contributed by atoms with Gasteiger partial charge in [0.15, 0.2) is 0 Å². The lowest BCUT2D eigenvalue weighted by atomic mass is 9.97. The average molecular weight is 781 g/mol. The molecule has 4 aromatic heterocycles. The maximum absolute atomic E-state index is 12.8. The Morgan fingerprint density at radius 1 is 0.638 bits per heavy atom. The van der Waals surface area contributed by atoms with Crippen molar-refractivity contribution in [2.24, 2.45) is 0 Å². The molecule has 2 atom stereocenters. The third kappa shape index (κ3) is 8.44. The molecule has 0 saturated carbocycles. The van der Waals surface area contributed by atoms with Gasteiger partial charge >= 0.3 is 0 Å². The number of carbonyl (C=O) groups is 2. The van der Waals surface area contributed by atoms with E-state index in [-0.39, 0.29) is 33.5 Å². The molecule has 0 aliphatic heterocycles. The molecule has 14 nitrogen and oxygen atoms in total. The predicted octanol–water partition coefficient (Wildman–Crippen LogP) is 3.23. The van der Waals surface area contributed by atoms with Crippen molar-refractivity contribution in [3.05, 3.63) is 139 Å². The fraction of sp³-hybridized carbons (Fsp3) is 0.227. The van der Waals surface area contributed by atoms with Crippen molar-refractivity contribution in [1.29, 1.82) is 0 Å². The Bertz CT molecular complexity index is 2600. The van der Waals surface area contributed by atoms with Gasteiger partial charge in [0, 0.05) is 27.2 Å². The normalized spacial score (nSPS) is 12.7. The van der Waals surface area contributed by atoms with Crippen molar-refractivity contribution in [2.75, 3.05) is 25.6 Å². The first-order valence-electron chi connectivity index (χ1n) is 18.3. The van der Waals surface area contributed by atoms with Crippen molar-refractivity contribution in [1.82, 2.24) is 29.7 Å². The van der Waals surface area contributed by atoms with E-state index in [9.17, 15) is 29.4 Å². The first kappa shape index (κ1) is 41.9. The molecular weight excluding hydrogens is 737 g/mol. The molecule has 0 saturated heterocycles. The van der Waals surface area contributed by atoms with Crippen LogP contribution < -0.4 is 33.0 Å². The number of nitrogens with one attached hydrogen (secondary N) is 2. The van der Waals surface area contributed by atoms with E-state index in [1.54, 1.807) is 71.5 Å². The highest BCUT2D eigenvalue weighted by Crippen LogP contribution is 2.22. The van der Waals surface area contributed by atoms with E-state index in [0.29, 0.717) is 46.9 Å². The molecule has 2 amide bonds. The van der Waals surface area contributed by atoms with Gasteiger partial charge in [0.25, 0.3) is 11.8 Å². The minimum atomic E-state index is -1.36. The zero-order chi connectivity index (χ0) is 42.4. The summed E-state index contributed by atoms with van der Waals surface area (Å²) in [5.74, 6) is 10.4. The van der Waals surface area contributed by atoms with Crippen molar-refractivity contribution in [2.45, 2.75) is 52.0 Å². The molecule has 4 heterocycles. The van der Waals surface area contributed by atoms with E-state index in [1.165, 1.54) is 14.1 Å². The van der Waals surface area contributed by atoms with Gasteiger partial charge in [-0.2, -0.15) is 0 Å². The summed E-state index contributed by atoms with van der Waals surface area (Å²) in [4.78, 5) is 58.6. The van der Waals surface area contributed by atoms with E-state index >= 15 is 0 Å². The van der Waals surface area contributed by atoms with E-state index in [1.807, 2.05) is 50.2 Å². The molecule has 0 radical (unpaired) electrons. The van der Waals surface area contributed by atoms with Crippen LogP contribution in [0.15, 0.2) is 94.5 Å². The Kier molecular flexibility index (Phi) is 12.5. The highest BCUT2D eigenvalue weighted by atomic mass is 16.3. The fourth-order valence-electron chi connectivity index (χ4n) is 6.17. The van der Waals surface area contributed by atoms with E-state index in [2.05, 4.69) is 44.3 Å². The number of nitrogen functional groups attached to an aromatic ring is 2. The fourth-order valence-corrected chi connectivity index (χ4v) is 6.17. The van der Waals surface area contributed by atoms with Gasteiger partial charge in [-0.1, -0.05) is 72.5 Å². The summed E-state index contributed by atoms with van der Waals surface area (Å²) in [5, 5.41) is 26.7. The monoisotopic (exact) mass is 780 g/mol. The standard InChI is InChI=1S/2C22H22N4O3/c2*1-4-26-19(23)17(21(28)24-3)18(27)16-11-10-15(25-20(16)26)12-13-22(2,29)14-8-6-5-7-9-14/h2*5-11,29H,4,23H2,1-3H3,(H,24,28). The molecule has 14 heteroatoms. The second-order valence-electron chi connectivity index (χ2n) is 13.3. The van der Waals surface area contributed by atoms with E-state index in [4.69, 9.17) is 11.5 Å². The van der Waals surface area contributed by atoms with E-state index < -0.39 is 33.9 Å². The van der Waals surface area contributed by atoms with Crippen LogP contribution in [0.4, 0.5) is 11.6 Å². The number of nitrogens with zero attached hydrogens (tertiary/aromatic N) is 4. The number of anilines is 2. The quantitative estimate of drug-likeness (QED) is 0.136. The van der Waals surface area contributed by atoms with Crippen LogP contribution in [-0.4, -0.2) is 55.2 Å². The number of hydrogen-bond donors (Lipinski definition) is 6. The number of amides is 2. The second-order valence-corrected chi connectivity index (χ2v) is 13.3. The zero-order valence-electron chi connectivity index (χ0n) is 33.0. The molecule has 0 spiro atoms. The largest absolute Gasteiger partial charge is 0.384 e. The molecular formula is C44H44N8O6. The Morgan fingerprint density at radius 2 is 0.983 bits per heavy atom. The summed E-state index contributed by atoms with van der Waals surface area (Å²) in [7, 11) is 2.88. The van der Waals surface area contributed by atoms with E-state index in [0.717, 1.165) is 0 Å². The van der Waals surface area contributed by atoms with Crippen LogP contribution in [0, 0.1) is 23.7 Å². The Labute approximate surface area is 334 Å². The molecule has 0 bridgehead atoms. The summed E-state index contributed by atoms with van der Waals surface area (Å²) in [5.41, 5.74) is 11.1. The number of fused-ring (bicyclic) bond motifs is 2. The lowest BCUT2D eigenvalue weighted by Crippen LogP contribution is -2.30. The smallest absolute Gasteiger partial charge is 0.258 e. The number of nitrogens with two attached hydrogens (primary N) is 2. The summed E-state index contributed by atoms with van der Waals surface area (Å²) in [6.07, 6.45) is 0. The molecule has 6 aromatic rings. The van der Waals surface area contributed by atoms with Gasteiger partial charge in [-0.05, 0) is 74.9 Å². The van der Waals surface area contributed by atoms with Crippen LogP contribution in [0.1, 0.15) is 70.9 Å². The van der Waals surface area contributed by atoms with Gasteiger partial charge in [-0.3, -0.25) is 19.2 Å². The van der Waals surface area contributed by atoms with Gasteiger partial charge in [0.1, 0.15) is 56.6 Å². The van der Waals surface area contributed by atoms with Crippen LogP contribution in [0.3, 0.4) is 0 Å². The third-order valence-electron chi connectivity index (χ3n) is 9.38. The number of benzene rings is 2. The second kappa shape index (κ2) is 17.3. The van der Waals surface area contributed by atoms with Crippen LogP contribution in [-0.2, 0) is 24.3 Å². The number of aryl methyl sites for hydroxylation is 2. The van der Waals surface area contributed by atoms with Gasteiger partial charge in [-0.25, -0.2) is 9.97 Å². The molecule has 0 aliphatic rings.